The maximum absolute atomic E-state index is 12.6. The molecule has 0 saturated heterocycles. The SMILES string of the molecule is CCC(C(=O)OC(C)C)(C(F)(F)F)C(F)(F)F. The van der Waals surface area contributed by atoms with E-state index < -0.39 is 36.3 Å². The lowest BCUT2D eigenvalue weighted by Gasteiger charge is -2.34. The quantitative estimate of drug-likeness (QED) is 0.577. The van der Waals surface area contributed by atoms with Crippen molar-refractivity contribution in [2.45, 2.75) is 45.6 Å². The zero-order valence-corrected chi connectivity index (χ0v) is 9.37. The van der Waals surface area contributed by atoms with Crippen LogP contribution >= 0.6 is 0 Å². The summed E-state index contributed by atoms with van der Waals surface area (Å²) in [5.41, 5.74) is -4.45. The molecule has 17 heavy (non-hydrogen) atoms. The first-order valence-corrected chi connectivity index (χ1v) is 4.74. The fourth-order valence-electron chi connectivity index (χ4n) is 1.25. The second-order valence-electron chi connectivity index (χ2n) is 3.71. The Bertz CT molecular complexity index is 264. The predicted octanol–water partition coefficient (Wildman–Crippen LogP) is 3.46. The molecule has 2 nitrogen and oxygen atoms in total. The lowest BCUT2D eigenvalue weighted by Crippen LogP contribution is -2.56. The molecule has 0 heterocycles. The summed E-state index contributed by atoms with van der Waals surface area (Å²) in [7, 11) is 0. The number of hydrogen-bond acceptors (Lipinski definition) is 2. The molecule has 0 bridgehead atoms. The van der Waals surface area contributed by atoms with Gasteiger partial charge in [0.15, 0.2) is 0 Å². The van der Waals surface area contributed by atoms with Crippen molar-refractivity contribution in [3.63, 3.8) is 0 Å². The number of hydrogen-bond donors (Lipinski definition) is 0. The average Bonchev–Trinajstić information content (AvgIpc) is 1.97. The summed E-state index contributed by atoms with van der Waals surface area (Å²) in [4.78, 5) is 11.1. The van der Waals surface area contributed by atoms with Gasteiger partial charge in [0.1, 0.15) is 0 Å². The fraction of sp³-hybridized carbons (Fsp3) is 0.889. The molecule has 0 aromatic rings. The Balaban J connectivity index is 5.61. The van der Waals surface area contributed by atoms with E-state index in [2.05, 4.69) is 4.74 Å². The van der Waals surface area contributed by atoms with Gasteiger partial charge in [-0.25, -0.2) is 0 Å². The topological polar surface area (TPSA) is 26.3 Å². The van der Waals surface area contributed by atoms with Gasteiger partial charge in [-0.3, -0.25) is 4.79 Å². The van der Waals surface area contributed by atoms with Gasteiger partial charge in [0.05, 0.1) is 6.10 Å². The largest absolute Gasteiger partial charge is 0.462 e. The highest BCUT2D eigenvalue weighted by Crippen LogP contribution is 2.53. The molecular formula is C9H12F6O2. The molecule has 0 aromatic carbocycles. The molecule has 0 N–H and O–H groups in total. The van der Waals surface area contributed by atoms with Gasteiger partial charge in [-0.2, -0.15) is 26.3 Å². The normalized spacial score (nSPS) is 14.0. The van der Waals surface area contributed by atoms with E-state index in [9.17, 15) is 31.1 Å². The van der Waals surface area contributed by atoms with E-state index in [0.29, 0.717) is 6.92 Å². The van der Waals surface area contributed by atoms with Crippen molar-refractivity contribution in [1.29, 1.82) is 0 Å². The predicted molar refractivity (Wildman–Crippen MR) is 46.1 cm³/mol. The van der Waals surface area contributed by atoms with Crippen LogP contribution in [0.5, 0.6) is 0 Å². The molecule has 8 heteroatoms. The molecule has 0 aliphatic heterocycles. The highest BCUT2D eigenvalue weighted by molar-refractivity contribution is 5.79. The molecule has 0 aliphatic carbocycles. The minimum atomic E-state index is -5.74. The Kier molecular flexibility index (Phi) is 4.47. The average molecular weight is 266 g/mol. The van der Waals surface area contributed by atoms with Crippen LogP contribution in [-0.4, -0.2) is 24.4 Å². The number of rotatable bonds is 3. The molecule has 0 atom stereocenters. The summed E-state index contributed by atoms with van der Waals surface area (Å²) in [6.07, 6.45) is -14.0. The Hall–Kier alpha value is -0.950. The first-order valence-electron chi connectivity index (χ1n) is 4.74. The summed E-state index contributed by atoms with van der Waals surface area (Å²) in [6.45, 7) is 2.98. The molecule has 0 saturated carbocycles. The van der Waals surface area contributed by atoms with E-state index in [1.807, 2.05) is 0 Å². The minimum Gasteiger partial charge on any atom is -0.462 e. The highest BCUT2D eigenvalue weighted by Gasteiger charge is 2.75. The van der Waals surface area contributed by atoms with Gasteiger partial charge in [-0.15, -0.1) is 0 Å². The maximum atomic E-state index is 12.6. The number of halogens is 6. The van der Waals surface area contributed by atoms with Crippen LogP contribution in [0.25, 0.3) is 0 Å². The lowest BCUT2D eigenvalue weighted by molar-refractivity contribution is -0.334. The molecule has 0 aromatic heterocycles. The Morgan fingerprint density at radius 1 is 1.06 bits per heavy atom. The first kappa shape index (κ1) is 16.1. The van der Waals surface area contributed by atoms with Crippen LogP contribution in [-0.2, 0) is 9.53 Å². The third kappa shape index (κ3) is 2.84. The van der Waals surface area contributed by atoms with Gasteiger partial charge >= 0.3 is 18.3 Å². The summed E-state index contributed by atoms with van der Waals surface area (Å²) in [6, 6.07) is 0. The monoisotopic (exact) mass is 266 g/mol. The summed E-state index contributed by atoms with van der Waals surface area (Å²) in [5, 5.41) is 0. The first-order chi connectivity index (χ1) is 7.40. The maximum Gasteiger partial charge on any atom is 0.413 e. The van der Waals surface area contributed by atoms with Crippen LogP contribution in [0.4, 0.5) is 26.3 Å². The van der Waals surface area contributed by atoms with Gasteiger partial charge in [-0.05, 0) is 20.3 Å². The number of esters is 1. The highest BCUT2D eigenvalue weighted by atomic mass is 19.4. The number of alkyl halides is 6. The fourth-order valence-corrected chi connectivity index (χ4v) is 1.25. The van der Waals surface area contributed by atoms with Crippen LogP contribution in [0.15, 0.2) is 0 Å². The Labute approximate surface area is 93.9 Å². The van der Waals surface area contributed by atoms with Crippen molar-refractivity contribution in [1.82, 2.24) is 0 Å². The zero-order valence-electron chi connectivity index (χ0n) is 9.37. The molecular weight excluding hydrogens is 254 g/mol. The van der Waals surface area contributed by atoms with Crippen LogP contribution < -0.4 is 0 Å². The van der Waals surface area contributed by atoms with Gasteiger partial charge < -0.3 is 4.74 Å². The molecule has 0 aliphatic rings. The van der Waals surface area contributed by atoms with Crippen molar-refractivity contribution >= 4 is 5.97 Å². The van der Waals surface area contributed by atoms with E-state index in [4.69, 9.17) is 0 Å². The Morgan fingerprint density at radius 2 is 1.41 bits per heavy atom. The zero-order chi connectivity index (χ0) is 14.1. The van der Waals surface area contributed by atoms with Gasteiger partial charge in [0.2, 0.25) is 0 Å². The second kappa shape index (κ2) is 4.73. The standard InChI is InChI=1S/C9H12F6O2/c1-4-7(8(10,11)12,9(13,14)15)6(16)17-5(2)3/h5H,4H2,1-3H3. The van der Waals surface area contributed by atoms with Crippen molar-refractivity contribution < 1.29 is 35.9 Å². The van der Waals surface area contributed by atoms with E-state index in [-0.39, 0.29) is 0 Å². The molecule has 102 valence electrons. The summed E-state index contributed by atoms with van der Waals surface area (Å²) in [5.74, 6) is -2.31. The Morgan fingerprint density at radius 3 is 1.59 bits per heavy atom. The van der Waals surface area contributed by atoms with Gasteiger partial charge in [-0.1, -0.05) is 6.92 Å². The van der Waals surface area contributed by atoms with Gasteiger partial charge in [0.25, 0.3) is 5.41 Å². The van der Waals surface area contributed by atoms with Crippen molar-refractivity contribution in [2.24, 2.45) is 5.41 Å². The smallest absolute Gasteiger partial charge is 0.413 e. The van der Waals surface area contributed by atoms with E-state index in [1.54, 1.807) is 0 Å². The summed E-state index contributed by atoms with van der Waals surface area (Å²) < 4.78 is 79.4. The molecule has 0 amide bonds. The third-order valence-electron chi connectivity index (χ3n) is 2.19. The van der Waals surface area contributed by atoms with Gasteiger partial charge in [0, 0.05) is 0 Å². The van der Waals surface area contributed by atoms with Crippen LogP contribution in [0.2, 0.25) is 0 Å². The summed E-state index contributed by atoms with van der Waals surface area (Å²) >= 11 is 0. The van der Waals surface area contributed by atoms with Crippen LogP contribution in [0.1, 0.15) is 27.2 Å². The number of ether oxygens (including phenoxy) is 1. The second-order valence-corrected chi connectivity index (χ2v) is 3.71. The molecule has 0 fully saturated rings. The molecule has 0 rings (SSSR count). The molecule has 0 radical (unpaired) electrons. The van der Waals surface area contributed by atoms with Crippen molar-refractivity contribution in [3.8, 4) is 0 Å². The minimum absolute atomic E-state index is 0.641. The number of carbonyl (C=O) groups excluding carboxylic acids is 1. The van der Waals surface area contributed by atoms with E-state index in [0.717, 1.165) is 0 Å². The van der Waals surface area contributed by atoms with Crippen molar-refractivity contribution in [2.75, 3.05) is 0 Å². The lowest BCUT2D eigenvalue weighted by atomic mass is 9.83. The molecule has 0 unspecified atom stereocenters. The van der Waals surface area contributed by atoms with Crippen LogP contribution in [0.3, 0.4) is 0 Å². The van der Waals surface area contributed by atoms with E-state index in [1.165, 1.54) is 13.8 Å². The number of carbonyl (C=O) groups is 1. The molecule has 0 spiro atoms. The van der Waals surface area contributed by atoms with Crippen LogP contribution in [0, 0.1) is 5.41 Å². The van der Waals surface area contributed by atoms with E-state index >= 15 is 0 Å². The third-order valence-corrected chi connectivity index (χ3v) is 2.19. The van der Waals surface area contributed by atoms with Crippen molar-refractivity contribution in [3.05, 3.63) is 0 Å².